The van der Waals surface area contributed by atoms with Crippen LogP contribution in [-0.2, 0) is 47.9 Å². The molecular weight excluding hydrogens is 190 g/mol. The van der Waals surface area contributed by atoms with Gasteiger partial charge in [-0.2, -0.15) is 0 Å². The van der Waals surface area contributed by atoms with E-state index in [4.69, 9.17) is 0 Å². The van der Waals surface area contributed by atoms with Crippen LogP contribution in [0.4, 0.5) is 0 Å². The molecule has 0 N–H and O–H groups in total. The van der Waals surface area contributed by atoms with Crippen LogP contribution >= 0.6 is 0 Å². The van der Waals surface area contributed by atoms with Gasteiger partial charge >= 0.3 is 23.1 Å². The van der Waals surface area contributed by atoms with Gasteiger partial charge in [0.15, 0.2) is 17.4 Å². The van der Waals surface area contributed by atoms with E-state index in [-0.39, 0.29) is 91.2 Å². The second-order valence-electron chi connectivity index (χ2n) is 0. The Morgan fingerprint density at radius 3 is 1.25 bits per heavy atom. The van der Waals surface area contributed by atoms with Crippen LogP contribution in [0.5, 0.6) is 0 Å². The molecule has 0 amide bonds. The number of hydrogen-bond acceptors (Lipinski definition) is 0. The third-order valence-corrected chi connectivity index (χ3v) is 0. The third kappa shape index (κ3) is 8.86. The van der Waals surface area contributed by atoms with Crippen LogP contribution in [0, 0.1) is 0 Å². The summed E-state index contributed by atoms with van der Waals surface area (Å²) in [6.07, 6.45) is 0. The van der Waals surface area contributed by atoms with E-state index in [1.807, 2.05) is 0 Å². The van der Waals surface area contributed by atoms with Crippen LogP contribution in [0.2, 0.25) is 0 Å². The van der Waals surface area contributed by atoms with Crippen molar-refractivity contribution in [2.24, 2.45) is 0 Å². The first-order chi connectivity index (χ1) is 0. The predicted octanol–water partition coefficient (Wildman–Crippen LogP) is -1.34. The van der Waals surface area contributed by atoms with E-state index >= 15 is 0 Å². The van der Waals surface area contributed by atoms with Crippen LogP contribution in [0.1, 0.15) is 2.85 Å². The molecule has 0 aromatic carbocycles. The Bertz CT molecular complexity index is 13.5. The fraction of sp³-hybridized carbons (Fsp3) is 0. The van der Waals surface area contributed by atoms with E-state index in [0.717, 1.165) is 0 Å². The molecule has 0 aromatic heterocycles. The average molecular weight is 195 g/mol. The summed E-state index contributed by atoms with van der Waals surface area (Å²) in [6, 6.07) is 0. The SMILES string of the molecule is [AlH3].[H-].[H-].[Mg+2].[Ti].[Zr]. The molecule has 0 saturated heterocycles. The van der Waals surface area contributed by atoms with Crippen molar-refractivity contribution in [1.29, 1.82) is 0 Å². The van der Waals surface area contributed by atoms with E-state index in [1.54, 1.807) is 0 Å². The normalized spacial score (nSPS) is 0. The molecule has 0 nitrogen and oxygen atoms in total. The molecule has 18 valence electrons. The second kappa shape index (κ2) is 16.9. The molecule has 0 bridgehead atoms. The molecule has 0 aliphatic carbocycles. The molecule has 0 radical (unpaired) electrons. The van der Waals surface area contributed by atoms with Crippen LogP contribution in [0.3, 0.4) is 0 Å². The van der Waals surface area contributed by atoms with Crippen LogP contribution in [-0.4, -0.2) is 40.4 Å². The van der Waals surface area contributed by atoms with E-state index in [0.29, 0.717) is 0 Å². The van der Waals surface area contributed by atoms with Gasteiger partial charge in [0.05, 0.1) is 0 Å². The van der Waals surface area contributed by atoms with Gasteiger partial charge in [0.25, 0.3) is 0 Å². The minimum atomic E-state index is 0. The van der Waals surface area contributed by atoms with E-state index in [1.165, 1.54) is 0 Å². The molecule has 0 heterocycles. The molecule has 0 saturated carbocycles. The molecule has 0 fully saturated rings. The Morgan fingerprint density at radius 1 is 1.25 bits per heavy atom. The van der Waals surface area contributed by atoms with Gasteiger partial charge in [0, 0.05) is 47.9 Å². The van der Waals surface area contributed by atoms with Gasteiger partial charge in [-0.15, -0.1) is 0 Å². The monoisotopic (exact) mass is 194 g/mol. The van der Waals surface area contributed by atoms with Gasteiger partial charge in [-0.25, -0.2) is 0 Å². The van der Waals surface area contributed by atoms with Gasteiger partial charge in [-0.1, -0.05) is 0 Å². The molecule has 0 spiro atoms. The van der Waals surface area contributed by atoms with Crippen molar-refractivity contribution in [1.82, 2.24) is 0 Å². The molecule has 0 rings (SSSR count). The first-order valence-corrected chi connectivity index (χ1v) is 0. The maximum atomic E-state index is 0. The summed E-state index contributed by atoms with van der Waals surface area (Å²) in [5.41, 5.74) is 0. The van der Waals surface area contributed by atoms with Gasteiger partial charge in [-0.05, 0) is 0 Å². The third-order valence-electron chi connectivity index (χ3n) is 0. The van der Waals surface area contributed by atoms with E-state index in [9.17, 15) is 0 Å². The maximum absolute atomic E-state index is 0. The zero-order chi connectivity index (χ0) is 0. The van der Waals surface area contributed by atoms with Crippen molar-refractivity contribution in [3.8, 4) is 0 Å². The molecule has 0 atom stereocenters. The van der Waals surface area contributed by atoms with Gasteiger partial charge in [0.2, 0.25) is 0 Å². The Labute approximate surface area is 89.7 Å². The van der Waals surface area contributed by atoms with Crippen LogP contribution < -0.4 is 0 Å². The number of hydrogen-bond donors (Lipinski definition) is 0. The minimum absolute atomic E-state index is 0. The fourth-order valence-corrected chi connectivity index (χ4v) is 0. The summed E-state index contributed by atoms with van der Waals surface area (Å²) >= 11 is 0. The standard InChI is InChI=1S/Al.Mg.Ti.Zr.5H/q;+2;;;;;;2*-1. The van der Waals surface area contributed by atoms with Crippen molar-refractivity contribution in [2.75, 3.05) is 0 Å². The smallest absolute Gasteiger partial charge is 1.00 e. The first-order valence-electron chi connectivity index (χ1n) is 0. The van der Waals surface area contributed by atoms with Gasteiger partial charge in [-0.3, -0.25) is 0 Å². The summed E-state index contributed by atoms with van der Waals surface area (Å²) < 4.78 is 0. The predicted molar refractivity (Wildman–Crippen MR) is 17.9 cm³/mol. The summed E-state index contributed by atoms with van der Waals surface area (Å²) in [4.78, 5) is 0. The van der Waals surface area contributed by atoms with Gasteiger partial charge < -0.3 is 2.85 Å². The van der Waals surface area contributed by atoms with Crippen LogP contribution in [0.25, 0.3) is 0 Å². The van der Waals surface area contributed by atoms with E-state index < -0.39 is 0 Å². The fourth-order valence-electron chi connectivity index (χ4n) is 0. The minimum Gasteiger partial charge on any atom is -1.00 e. The zero-order valence-electron chi connectivity index (χ0n) is 3.71. The summed E-state index contributed by atoms with van der Waals surface area (Å²) in [5.74, 6) is 0. The molecule has 0 aromatic rings. The Balaban J connectivity index is 0. The Kier molecular flexibility index (Phi) is 120. The molecule has 0 aliphatic heterocycles. The second-order valence-corrected chi connectivity index (χ2v) is 0. The molecule has 0 aliphatic rings. The quantitative estimate of drug-likeness (QED) is 0.420. The summed E-state index contributed by atoms with van der Waals surface area (Å²) in [5, 5.41) is 0. The molecule has 4 heavy (non-hydrogen) atoms. The van der Waals surface area contributed by atoms with Crippen molar-refractivity contribution in [3.05, 3.63) is 0 Å². The summed E-state index contributed by atoms with van der Waals surface area (Å²) in [7, 11) is 0. The largest absolute Gasteiger partial charge is 2.00 e. The molecule has 0 unspecified atom stereocenters. The zero-order valence-corrected chi connectivity index (χ0v) is 7.14. The molecule has 4 heteroatoms. The van der Waals surface area contributed by atoms with Crippen LogP contribution in [0.15, 0.2) is 0 Å². The van der Waals surface area contributed by atoms with Crippen molar-refractivity contribution >= 4 is 40.4 Å². The van der Waals surface area contributed by atoms with E-state index in [2.05, 4.69) is 0 Å². The topological polar surface area (TPSA) is 0 Å². The number of rotatable bonds is 0. The van der Waals surface area contributed by atoms with Gasteiger partial charge in [0.1, 0.15) is 0 Å². The average Bonchev–Trinajstić information content (AvgIpc) is 0. The Hall–Kier alpha value is 2.90. The van der Waals surface area contributed by atoms with Crippen molar-refractivity contribution in [2.45, 2.75) is 0 Å². The summed E-state index contributed by atoms with van der Waals surface area (Å²) in [6.45, 7) is 0. The first kappa shape index (κ1) is 28.6. The van der Waals surface area contributed by atoms with Crippen molar-refractivity contribution in [3.63, 3.8) is 0 Å². The maximum Gasteiger partial charge on any atom is 2.00 e. The van der Waals surface area contributed by atoms with Crippen molar-refractivity contribution < 1.29 is 50.8 Å². The Morgan fingerprint density at radius 2 is 1.25 bits per heavy atom. The molecular formula is H5AlMgTiZr.